The highest BCUT2D eigenvalue weighted by Crippen LogP contribution is 2.35. The number of rotatable bonds is 3. The molecular weight excluding hydrogens is 210 g/mol. The lowest BCUT2D eigenvalue weighted by Crippen LogP contribution is -2.23. The van der Waals surface area contributed by atoms with Crippen molar-refractivity contribution in [3.05, 3.63) is 11.9 Å². The van der Waals surface area contributed by atoms with Gasteiger partial charge in [-0.25, -0.2) is 4.98 Å². The molecule has 1 aliphatic carbocycles. The lowest BCUT2D eigenvalue weighted by molar-refractivity contribution is 0.259. The molecule has 0 amide bonds. The maximum absolute atomic E-state index is 4.61. The maximum atomic E-state index is 4.61. The molecular formula is C14H25N3. The molecule has 0 radical (unpaired) electrons. The minimum absolute atomic E-state index is 0.439. The third-order valence-electron chi connectivity index (χ3n) is 3.69. The fourth-order valence-corrected chi connectivity index (χ4v) is 2.84. The van der Waals surface area contributed by atoms with Crippen LogP contribution in [0.5, 0.6) is 0 Å². The van der Waals surface area contributed by atoms with Crippen molar-refractivity contribution in [2.75, 3.05) is 5.32 Å². The van der Waals surface area contributed by atoms with Gasteiger partial charge in [0.05, 0.1) is 5.69 Å². The van der Waals surface area contributed by atoms with E-state index < -0.39 is 0 Å². The van der Waals surface area contributed by atoms with Crippen LogP contribution in [0.2, 0.25) is 0 Å². The van der Waals surface area contributed by atoms with Crippen molar-refractivity contribution >= 4 is 5.95 Å². The van der Waals surface area contributed by atoms with E-state index in [1.54, 1.807) is 0 Å². The number of nitrogens with zero attached hydrogens (tertiary/aromatic N) is 2. The second kappa shape index (κ2) is 5.11. The van der Waals surface area contributed by atoms with Gasteiger partial charge in [0.1, 0.15) is 0 Å². The predicted molar refractivity (Wildman–Crippen MR) is 72.4 cm³/mol. The summed E-state index contributed by atoms with van der Waals surface area (Å²) in [4.78, 5) is 4.61. The first-order chi connectivity index (χ1) is 8.08. The van der Waals surface area contributed by atoms with Crippen LogP contribution in [0.1, 0.15) is 58.2 Å². The molecule has 3 heteroatoms. The van der Waals surface area contributed by atoms with Crippen molar-refractivity contribution in [3.8, 4) is 0 Å². The van der Waals surface area contributed by atoms with Crippen LogP contribution in [0.25, 0.3) is 0 Å². The molecule has 1 N–H and O–H groups in total. The van der Waals surface area contributed by atoms with Crippen LogP contribution in [-0.2, 0) is 0 Å². The second-order valence-electron chi connectivity index (χ2n) is 5.74. The first kappa shape index (κ1) is 12.5. The summed E-state index contributed by atoms with van der Waals surface area (Å²) in [5.41, 5.74) is 1.12. The molecule has 96 valence electrons. The third kappa shape index (κ3) is 2.82. The predicted octanol–water partition coefficient (Wildman–Crippen LogP) is 3.76. The lowest BCUT2D eigenvalue weighted by atomic mass is 9.86. The fraction of sp³-hybridized carbons (Fsp3) is 0.786. The smallest absolute Gasteiger partial charge is 0.203 e. The molecule has 0 aromatic carbocycles. The fourth-order valence-electron chi connectivity index (χ4n) is 2.84. The topological polar surface area (TPSA) is 29.9 Å². The van der Waals surface area contributed by atoms with E-state index in [9.17, 15) is 0 Å². The van der Waals surface area contributed by atoms with Crippen molar-refractivity contribution in [2.45, 2.75) is 65.5 Å². The van der Waals surface area contributed by atoms with Crippen LogP contribution in [0, 0.1) is 12.8 Å². The average Bonchev–Trinajstić information content (AvgIpc) is 2.59. The molecule has 1 fully saturated rings. The molecule has 1 saturated carbocycles. The van der Waals surface area contributed by atoms with E-state index in [4.69, 9.17) is 0 Å². The molecule has 1 aromatic heterocycles. The molecule has 2 rings (SSSR count). The molecule has 0 bridgehead atoms. The van der Waals surface area contributed by atoms with E-state index in [0.29, 0.717) is 12.1 Å². The van der Waals surface area contributed by atoms with Gasteiger partial charge in [-0.1, -0.05) is 19.8 Å². The summed E-state index contributed by atoms with van der Waals surface area (Å²) >= 11 is 0. The largest absolute Gasteiger partial charge is 0.353 e. The molecule has 3 nitrogen and oxygen atoms in total. The summed E-state index contributed by atoms with van der Waals surface area (Å²) < 4.78 is 2.37. The molecule has 0 saturated heterocycles. The Hall–Kier alpha value is -0.990. The molecule has 2 atom stereocenters. The quantitative estimate of drug-likeness (QED) is 0.864. The molecule has 0 spiro atoms. The van der Waals surface area contributed by atoms with Crippen molar-refractivity contribution in [2.24, 2.45) is 5.92 Å². The minimum Gasteiger partial charge on any atom is -0.353 e. The van der Waals surface area contributed by atoms with E-state index in [0.717, 1.165) is 17.6 Å². The molecule has 0 aliphatic heterocycles. The van der Waals surface area contributed by atoms with Gasteiger partial charge in [-0.05, 0) is 39.5 Å². The first-order valence-corrected chi connectivity index (χ1v) is 6.90. The number of hydrogen-bond acceptors (Lipinski definition) is 2. The zero-order chi connectivity index (χ0) is 12.4. The Kier molecular flexibility index (Phi) is 3.75. The Morgan fingerprint density at radius 3 is 2.71 bits per heavy atom. The molecule has 17 heavy (non-hydrogen) atoms. The van der Waals surface area contributed by atoms with E-state index in [-0.39, 0.29) is 0 Å². The van der Waals surface area contributed by atoms with Crippen LogP contribution >= 0.6 is 0 Å². The zero-order valence-electron chi connectivity index (χ0n) is 11.5. The lowest BCUT2D eigenvalue weighted by Gasteiger charge is -2.31. The summed E-state index contributed by atoms with van der Waals surface area (Å²) in [7, 11) is 0. The van der Waals surface area contributed by atoms with Gasteiger partial charge < -0.3 is 9.88 Å². The SMILES string of the molecule is Cc1cn(C2CCCCC2C)c(NC(C)C)n1. The Morgan fingerprint density at radius 2 is 2.06 bits per heavy atom. The van der Waals surface area contributed by atoms with E-state index in [1.165, 1.54) is 25.7 Å². The monoisotopic (exact) mass is 235 g/mol. The number of anilines is 1. The highest BCUT2D eigenvalue weighted by atomic mass is 15.2. The Balaban J connectivity index is 2.23. The van der Waals surface area contributed by atoms with E-state index in [2.05, 4.69) is 48.8 Å². The Labute approximate surface area is 105 Å². The van der Waals surface area contributed by atoms with Gasteiger partial charge in [0.25, 0.3) is 0 Å². The average molecular weight is 235 g/mol. The summed E-state index contributed by atoms with van der Waals surface area (Å²) in [6.07, 6.45) is 7.59. The van der Waals surface area contributed by atoms with Crippen LogP contribution in [0.4, 0.5) is 5.95 Å². The second-order valence-corrected chi connectivity index (χ2v) is 5.74. The number of aryl methyl sites for hydroxylation is 1. The van der Waals surface area contributed by atoms with Crippen LogP contribution in [0.3, 0.4) is 0 Å². The summed E-state index contributed by atoms with van der Waals surface area (Å²) in [6.45, 7) is 8.78. The normalized spacial score (nSPS) is 25.2. The van der Waals surface area contributed by atoms with Gasteiger partial charge >= 0.3 is 0 Å². The standard InChI is InChI=1S/C14H25N3/c1-10(2)15-14-16-12(4)9-17(14)13-8-6-5-7-11(13)3/h9-11,13H,5-8H2,1-4H3,(H,15,16). The van der Waals surface area contributed by atoms with Gasteiger partial charge in [-0.2, -0.15) is 0 Å². The number of hydrogen-bond donors (Lipinski definition) is 1. The highest BCUT2D eigenvalue weighted by Gasteiger charge is 2.25. The number of aromatic nitrogens is 2. The van der Waals surface area contributed by atoms with Crippen molar-refractivity contribution < 1.29 is 0 Å². The van der Waals surface area contributed by atoms with Crippen molar-refractivity contribution in [1.82, 2.24) is 9.55 Å². The minimum atomic E-state index is 0.439. The summed E-state index contributed by atoms with van der Waals surface area (Å²) in [5.74, 6) is 1.82. The van der Waals surface area contributed by atoms with E-state index in [1.807, 2.05) is 0 Å². The third-order valence-corrected chi connectivity index (χ3v) is 3.69. The van der Waals surface area contributed by atoms with Gasteiger partial charge in [-0.15, -0.1) is 0 Å². The molecule has 2 unspecified atom stereocenters. The molecule has 1 aliphatic rings. The summed E-state index contributed by atoms with van der Waals surface area (Å²) in [6, 6.07) is 1.07. The van der Waals surface area contributed by atoms with Crippen molar-refractivity contribution in [3.63, 3.8) is 0 Å². The molecule has 1 aromatic rings. The van der Waals surface area contributed by atoms with Gasteiger partial charge in [0.2, 0.25) is 5.95 Å². The van der Waals surface area contributed by atoms with Gasteiger partial charge in [0.15, 0.2) is 0 Å². The Bertz CT molecular complexity index is 368. The summed E-state index contributed by atoms with van der Waals surface area (Å²) in [5, 5.41) is 3.46. The molecule has 1 heterocycles. The van der Waals surface area contributed by atoms with Crippen LogP contribution in [0.15, 0.2) is 6.20 Å². The first-order valence-electron chi connectivity index (χ1n) is 6.90. The van der Waals surface area contributed by atoms with Gasteiger partial charge in [0, 0.05) is 18.3 Å². The number of nitrogens with one attached hydrogen (secondary N) is 1. The highest BCUT2D eigenvalue weighted by molar-refractivity contribution is 5.30. The zero-order valence-corrected chi connectivity index (χ0v) is 11.5. The van der Waals surface area contributed by atoms with Crippen molar-refractivity contribution in [1.29, 1.82) is 0 Å². The van der Waals surface area contributed by atoms with Gasteiger partial charge in [-0.3, -0.25) is 0 Å². The number of imidazole rings is 1. The Morgan fingerprint density at radius 1 is 1.35 bits per heavy atom. The maximum Gasteiger partial charge on any atom is 0.203 e. The van der Waals surface area contributed by atoms with Crippen LogP contribution < -0.4 is 5.32 Å². The van der Waals surface area contributed by atoms with E-state index >= 15 is 0 Å². The van der Waals surface area contributed by atoms with Crippen LogP contribution in [-0.4, -0.2) is 15.6 Å².